The topological polar surface area (TPSA) is 75.9 Å². The third-order valence-electron chi connectivity index (χ3n) is 2.88. The first-order chi connectivity index (χ1) is 9.76. The van der Waals surface area contributed by atoms with Crippen molar-refractivity contribution >= 4 is 29.3 Å². The summed E-state index contributed by atoms with van der Waals surface area (Å²) in [6.07, 6.45) is 8.25. The van der Waals surface area contributed by atoms with Gasteiger partial charge in [-0.1, -0.05) is 19.8 Å². The maximum absolute atomic E-state index is 5.71. The fraction of sp³-hybridized carbons (Fsp3) is 0.714. The monoisotopic (exact) mass is 297 g/mol. The molecule has 0 saturated carbocycles. The van der Waals surface area contributed by atoms with Crippen molar-refractivity contribution in [2.45, 2.75) is 39.0 Å². The second-order valence-corrected chi connectivity index (χ2v) is 5.74. The molecule has 1 aromatic rings. The first kappa shape index (κ1) is 16.9. The molecular weight excluding hydrogens is 270 g/mol. The summed E-state index contributed by atoms with van der Waals surface area (Å²) in [6, 6.07) is 1.92. The van der Waals surface area contributed by atoms with Crippen LogP contribution in [0.1, 0.15) is 39.0 Å². The molecule has 1 rings (SSSR count). The number of hydrogen-bond donors (Lipinski definition) is 3. The van der Waals surface area contributed by atoms with E-state index in [1.165, 1.54) is 25.0 Å². The van der Waals surface area contributed by atoms with Gasteiger partial charge in [0.2, 0.25) is 5.95 Å². The molecule has 0 amide bonds. The van der Waals surface area contributed by atoms with E-state index < -0.39 is 0 Å². The predicted octanol–water partition coefficient (Wildman–Crippen LogP) is 3.22. The summed E-state index contributed by atoms with van der Waals surface area (Å²) in [5.41, 5.74) is 5.71. The second kappa shape index (κ2) is 10.6. The van der Waals surface area contributed by atoms with Crippen molar-refractivity contribution in [2.75, 3.05) is 41.5 Å². The largest absolute Gasteiger partial charge is 0.370 e. The van der Waals surface area contributed by atoms with Crippen molar-refractivity contribution in [3.05, 3.63) is 6.07 Å². The van der Waals surface area contributed by atoms with Crippen LogP contribution in [0.5, 0.6) is 0 Å². The summed E-state index contributed by atoms with van der Waals surface area (Å²) < 4.78 is 0. The zero-order valence-electron chi connectivity index (χ0n) is 12.6. The van der Waals surface area contributed by atoms with Gasteiger partial charge in [-0.2, -0.15) is 21.7 Å². The zero-order valence-corrected chi connectivity index (χ0v) is 13.4. The molecule has 4 N–H and O–H groups in total. The standard InChI is InChI=1S/C14H27N5S/c1-3-8-16-12-11-13(19-14(15)18-12)17-9-6-4-5-7-10-20-2/h11H,3-10H2,1-2H3,(H4,15,16,17,18,19). The number of nitrogen functional groups attached to an aromatic ring is 1. The van der Waals surface area contributed by atoms with Gasteiger partial charge < -0.3 is 16.4 Å². The van der Waals surface area contributed by atoms with Gasteiger partial charge >= 0.3 is 0 Å². The molecule has 0 atom stereocenters. The molecule has 114 valence electrons. The number of anilines is 3. The Hall–Kier alpha value is -1.17. The van der Waals surface area contributed by atoms with Crippen LogP contribution in [0.2, 0.25) is 0 Å². The summed E-state index contributed by atoms with van der Waals surface area (Å²) in [5.74, 6) is 3.18. The summed E-state index contributed by atoms with van der Waals surface area (Å²) in [6.45, 7) is 3.95. The van der Waals surface area contributed by atoms with Crippen molar-refractivity contribution in [3.8, 4) is 0 Å². The Morgan fingerprint density at radius 1 is 1.05 bits per heavy atom. The van der Waals surface area contributed by atoms with Crippen LogP contribution in [0, 0.1) is 0 Å². The van der Waals surface area contributed by atoms with Crippen LogP contribution in [0.3, 0.4) is 0 Å². The lowest BCUT2D eigenvalue weighted by Gasteiger charge is -2.09. The number of unbranched alkanes of at least 4 members (excludes halogenated alkanes) is 3. The predicted molar refractivity (Wildman–Crippen MR) is 90.6 cm³/mol. The van der Waals surface area contributed by atoms with Gasteiger partial charge in [0, 0.05) is 19.2 Å². The van der Waals surface area contributed by atoms with Gasteiger partial charge in [-0.3, -0.25) is 0 Å². The van der Waals surface area contributed by atoms with Gasteiger partial charge in [-0.05, 0) is 31.3 Å². The molecular formula is C14H27N5S. The Bertz CT molecular complexity index is 373. The molecule has 0 aliphatic rings. The first-order valence-corrected chi connectivity index (χ1v) is 8.77. The average Bonchev–Trinajstić information content (AvgIpc) is 2.43. The Kier molecular flexibility index (Phi) is 8.95. The molecule has 6 heteroatoms. The summed E-state index contributed by atoms with van der Waals surface area (Å²) in [5, 5.41) is 6.54. The van der Waals surface area contributed by atoms with E-state index in [0.717, 1.165) is 37.6 Å². The van der Waals surface area contributed by atoms with Crippen LogP contribution < -0.4 is 16.4 Å². The second-order valence-electron chi connectivity index (χ2n) is 4.76. The van der Waals surface area contributed by atoms with E-state index in [0.29, 0.717) is 5.95 Å². The lowest BCUT2D eigenvalue weighted by atomic mass is 10.2. The van der Waals surface area contributed by atoms with Crippen LogP contribution in [0.4, 0.5) is 17.6 Å². The minimum absolute atomic E-state index is 0.313. The van der Waals surface area contributed by atoms with Gasteiger partial charge in [0.25, 0.3) is 0 Å². The van der Waals surface area contributed by atoms with Crippen LogP contribution >= 0.6 is 11.8 Å². The highest BCUT2D eigenvalue weighted by Gasteiger charge is 2.01. The molecule has 0 aliphatic heterocycles. The van der Waals surface area contributed by atoms with Crippen LogP contribution in [0.15, 0.2) is 6.07 Å². The fourth-order valence-corrected chi connectivity index (χ4v) is 2.33. The van der Waals surface area contributed by atoms with E-state index in [4.69, 9.17) is 5.73 Å². The highest BCUT2D eigenvalue weighted by molar-refractivity contribution is 7.98. The van der Waals surface area contributed by atoms with E-state index in [2.05, 4.69) is 33.8 Å². The zero-order chi connectivity index (χ0) is 14.6. The molecule has 5 nitrogen and oxygen atoms in total. The minimum Gasteiger partial charge on any atom is -0.370 e. The van der Waals surface area contributed by atoms with E-state index in [-0.39, 0.29) is 0 Å². The molecule has 20 heavy (non-hydrogen) atoms. The number of nitrogens with two attached hydrogens (primary N) is 1. The van der Waals surface area contributed by atoms with Gasteiger partial charge in [0.1, 0.15) is 11.6 Å². The number of nitrogens with one attached hydrogen (secondary N) is 2. The molecule has 0 fully saturated rings. The molecule has 0 spiro atoms. The Balaban J connectivity index is 2.26. The number of hydrogen-bond acceptors (Lipinski definition) is 6. The summed E-state index contributed by atoms with van der Waals surface area (Å²) in [4.78, 5) is 8.36. The van der Waals surface area contributed by atoms with Gasteiger partial charge in [-0.15, -0.1) is 0 Å². The Labute approximate surface area is 126 Å². The Morgan fingerprint density at radius 2 is 1.70 bits per heavy atom. The molecule has 0 bridgehead atoms. The number of aromatic nitrogens is 2. The quantitative estimate of drug-likeness (QED) is 0.545. The smallest absolute Gasteiger partial charge is 0.223 e. The van der Waals surface area contributed by atoms with Crippen molar-refractivity contribution in [1.82, 2.24) is 9.97 Å². The molecule has 0 aromatic carbocycles. The molecule has 0 unspecified atom stereocenters. The highest BCUT2D eigenvalue weighted by atomic mass is 32.2. The number of thioether (sulfide) groups is 1. The molecule has 0 aliphatic carbocycles. The van der Waals surface area contributed by atoms with Crippen molar-refractivity contribution in [1.29, 1.82) is 0 Å². The molecule has 1 heterocycles. The van der Waals surface area contributed by atoms with Crippen LogP contribution in [-0.4, -0.2) is 35.1 Å². The van der Waals surface area contributed by atoms with E-state index >= 15 is 0 Å². The first-order valence-electron chi connectivity index (χ1n) is 7.37. The van der Waals surface area contributed by atoms with E-state index in [1.807, 2.05) is 17.8 Å². The minimum atomic E-state index is 0.313. The lowest BCUT2D eigenvalue weighted by molar-refractivity contribution is 0.688. The van der Waals surface area contributed by atoms with Gasteiger partial charge in [0.15, 0.2) is 0 Å². The van der Waals surface area contributed by atoms with Crippen molar-refractivity contribution in [3.63, 3.8) is 0 Å². The van der Waals surface area contributed by atoms with E-state index in [1.54, 1.807) is 0 Å². The summed E-state index contributed by atoms with van der Waals surface area (Å²) >= 11 is 1.92. The molecule has 0 radical (unpaired) electrons. The fourth-order valence-electron chi connectivity index (χ4n) is 1.84. The number of nitrogens with zero attached hydrogens (tertiary/aromatic N) is 2. The van der Waals surface area contributed by atoms with Crippen molar-refractivity contribution in [2.24, 2.45) is 0 Å². The number of rotatable bonds is 11. The average molecular weight is 297 g/mol. The third-order valence-corrected chi connectivity index (χ3v) is 3.58. The third kappa shape index (κ3) is 7.43. The van der Waals surface area contributed by atoms with Crippen LogP contribution in [0.25, 0.3) is 0 Å². The normalized spacial score (nSPS) is 10.5. The maximum atomic E-state index is 5.71. The SMILES string of the molecule is CCCNc1cc(NCCCCCCSC)nc(N)n1. The van der Waals surface area contributed by atoms with Crippen molar-refractivity contribution < 1.29 is 0 Å². The van der Waals surface area contributed by atoms with Gasteiger partial charge in [0.05, 0.1) is 0 Å². The molecule has 0 saturated heterocycles. The maximum Gasteiger partial charge on any atom is 0.223 e. The van der Waals surface area contributed by atoms with Gasteiger partial charge in [-0.25, -0.2) is 0 Å². The summed E-state index contributed by atoms with van der Waals surface area (Å²) in [7, 11) is 0. The molecule has 1 aromatic heterocycles. The highest BCUT2D eigenvalue weighted by Crippen LogP contribution is 2.13. The van der Waals surface area contributed by atoms with Crippen LogP contribution in [-0.2, 0) is 0 Å². The van der Waals surface area contributed by atoms with E-state index in [9.17, 15) is 0 Å². The Morgan fingerprint density at radius 3 is 2.35 bits per heavy atom. The lowest BCUT2D eigenvalue weighted by Crippen LogP contribution is -2.09.